The zero-order valence-corrected chi connectivity index (χ0v) is 17.9. The molecule has 4 aromatic rings. The normalized spacial score (nSPS) is 11.3. The molecule has 150 valence electrons. The van der Waals surface area contributed by atoms with E-state index in [-0.39, 0.29) is 11.5 Å². The molecular formula is C26H22O3S. The van der Waals surface area contributed by atoms with Crippen LogP contribution in [0, 0.1) is 13.8 Å². The van der Waals surface area contributed by atoms with Gasteiger partial charge in [-0.2, -0.15) is 0 Å². The molecule has 30 heavy (non-hydrogen) atoms. The number of rotatable bonds is 5. The van der Waals surface area contributed by atoms with Crippen LogP contribution < -0.4 is 4.74 Å². The van der Waals surface area contributed by atoms with Gasteiger partial charge < -0.3 is 9.84 Å². The molecule has 4 heteroatoms. The maximum atomic E-state index is 13.6. The van der Waals surface area contributed by atoms with Gasteiger partial charge in [0.05, 0.1) is 0 Å². The van der Waals surface area contributed by atoms with Crippen molar-refractivity contribution >= 4 is 33.3 Å². The molecule has 3 aromatic carbocycles. The average molecular weight is 415 g/mol. The Hall–Kier alpha value is -3.37. The molecule has 0 aliphatic rings. The summed E-state index contributed by atoms with van der Waals surface area (Å²) in [6, 6.07) is 18.7. The Morgan fingerprint density at radius 1 is 1.00 bits per heavy atom. The van der Waals surface area contributed by atoms with Crippen molar-refractivity contribution in [2.24, 2.45) is 0 Å². The number of allylic oxidation sites excluding steroid dienone is 1. The maximum Gasteiger partial charge on any atom is 0.207 e. The predicted octanol–water partition coefficient (Wildman–Crippen LogP) is 7.28. The van der Waals surface area contributed by atoms with Crippen LogP contribution in [0.25, 0.3) is 16.2 Å². The van der Waals surface area contributed by atoms with E-state index in [0.29, 0.717) is 21.9 Å². The van der Waals surface area contributed by atoms with E-state index in [1.807, 2.05) is 75.4 Å². The molecule has 0 bridgehead atoms. The zero-order valence-electron chi connectivity index (χ0n) is 17.1. The summed E-state index contributed by atoms with van der Waals surface area (Å²) >= 11 is 1.34. The molecular weight excluding hydrogens is 392 g/mol. The first kappa shape index (κ1) is 19.9. The van der Waals surface area contributed by atoms with Crippen LogP contribution in [0.4, 0.5) is 0 Å². The molecule has 0 aliphatic carbocycles. The Balaban J connectivity index is 1.84. The molecule has 0 aliphatic heterocycles. The SMILES string of the molecule is C/C=C/c1ccc(Oc2c(C(=O)c3c(C)cccc3C)sc3cc(O)ccc23)cc1. The third-order valence-electron chi connectivity index (χ3n) is 5.00. The van der Waals surface area contributed by atoms with Gasteiger partial charge >= 0.3 is 0 Å². The number of fused-ring (bicyclic) bond motifs is 1. The van der Waals surface area contributed by atoms with Crippen molar-refractivity contribution in [3.8, 4) is 17.2 Å². The van der Waals surface area contributed by atoms with Gasteiger partial charge in [0.2, 0.25) is 5.78 Å². The molecule has 4 rings (SSSR count). The lowest BCUT2D eigenvalue weighted by molar-refractivity contribution is 0.103. The lowest BCUT2D eigenvalue weighted by Gasteiger charge is -2.11. The van der Waals surface area contributed by atoms with Gasteiger partial charge in [-0.1, -0.05) is 42.5 Å². The summed E-state index contributed by atoms with van der Waals surface area (Å²) in [4.78, 5) is 14.1. The van der Waals surface area contributed by atoms with Gasteiger partial charge in [0.1, 0.15) is 16.4 Å². The first-order valence-electron chi connectivity index (χ1n) is 9.75. The monoisotopic (exact) mass is 414 g/mol. The van der Waals surface area contributed by atoms with Crippen molar-refractivity contribution in [2.45, 2.75) is 20.8 Å². The summed E-state index contributed by atoms with van der Waals surface area (Å²) in [6.45, 7) is 5.86. The molecule has 0 amide bonds. The van der Waals surface area contributed by atoms with E-state index in [1.165, 1.54) is 11.3 Å². The maximum absolute atomic E-state index is 13.6. The number of thiophene rings is 1. The lowest BCUT2D eigenvalue weighted by Crippen LogP contribution is -2.05. The number of ether oxygens (including phenoxy) is 1. The minimum absolute atomic E-state index is 0.0631. The minimum atomic E-state index is -0.0631. The topological polar surface area (TPSA) is 46.5 Å². The van der Waals surface area contributed by atoms with Gasteiger partial charge in [-0.3, -0.25) is 4.79 Å². The number of hydrogen-bond donors (Lipinski definition) is 1. The van der Waals surface area contributed by atoms with Gasteiger partial charge in [-0.05, 0) is 67.8 Å². The summed E-state index contributed by atoms with van der Waals surface area (Å²) < 4.78 is 7.05. The average Bonchev–Trinajstić information content (AvgIpc) is 3.07. The van der Waals surface area contributed by atoms with Crippen molar-refractivity contribution in [1.29, 1.82) is 0 Å². The van der Waals surface area contributed by atoms with E-state index in [4.69, 9.17) is 4.74 Å². The van der Waals surface area contributed by atoms with Crippen LogP contribution in [0.2, 0.25) is 0 Å². The second kappa shape index (κ2) is 8.17. The summed E-state index contributed by atoms with van der Waals surface area (Å²) in [6.07, 6.45) is 4.00. The lowest BCUT2D eigenvalue weighted by atomic mass is 9.98. The molecule has 0 saturated carbocycles. The molecule has 0 saturated heterocycles. The first-order chi connectivity index (χ1) is 14.5. The highest BCUT2D eigenvalue weighted by Crippen LogP contribution is 2.43. The highest BCUT2D eigenvalue weighted by Gasteiger charge is 2.24. The third kappa shape index (κ3) is 3.74. The zero-order chi connectivity index (χ0) is 21.3. The Morgan fingerprint density at radius 2 is 1.70 bits per heavy atom. The molecule has 0 unspecified atom stereocenters. The Kier molecular flexibility index (Phi) is 5.42. The summed E-state index contributed by atoms with van der Waals surface area (Å²) in [5, 5.41) is 10.7. The van der Waals surface area contributed by atoms with E-state index in [1.54, 1.807) is 18.2 Å². The Morgan fingerprint density at radius 3 is 2.37 bits per heavy atom. The van der Waals surface area contributed by atoms with Crippen molar-refractivity contribution < 1.29 is 14.6 Å². The highest BCUT2D eigenvalue weighted by atomic mass is 32.1. The van der Waals surface area contributed by atoms with Crippen molar-refractivity contribution in [2.75, 3.05) is 0 Å². The summed E-state index contributed by atoms with van der Waals surface area (Å²) in [7, 11) is 0. The van der Waals surface area contributed by atoms with E-state index in [2.05, 4.69) is 0 Å². The summed E-state index contributed by atoms with van der Waals surface area (Å²) in [5.41, 5.74) is 3.64. The molecule has 0 fully saturated rings. The number of carbonyl (C=O) groups is 1. The number of aryl methyl sites for hydroxylation is 2. The quantitative estimate of drug-likeness (QED) is 0.349. The van der Waals surface area contributed by atoms with E-state index in [9.17, 15) is 9.90 Å². The van der Waals surface area contributed by atoms with Gasteiger partial charge in [0, 0.05) is 15.6 Å². The molecule has 1 N–H and O–H groups in total. The van der Waals surface area contributed by atoms with Gasteiger partial charge in [-0.15, -0.1) is 11.3 Å². The number of phenols is 1. The van der Waals surface area contributed by atoms with E-state index >= 15 is 0 Å². The Bertz CT molecular complexity index is 1240. The largest absolute Gasteiger partial charge is 0.508 e. The van der Waals surface area contributed by atoms with Gasteiger partial charge in [0.15, 0.2) is 5.75 Å². The van der Waals surface area contributed by atoms with Crippen molar-refractivity contribution in [3.63, 3.8) is 0 Å². The van der Waals surface area contributed by atoms with Crippen LogP contribution in [0.1, 0.15) is 38.8 Å². The standard InChI is InChI=1S/C26H22O3S/c1-4-6-18-9-12-20(13-10-18)29-25-21-14-11-19(27)15-22(21)30-26(25)24(28)23-16(2)7-5-8-17(23)3/h4-15,27H,1-3H3/b6-4+. The number of ketones is 1. The first-order valence-corrected chi connectivity index (χ1v) is 10.6. The fourth-order valence-corrected chi connectivity index (χ4v) is 4.67. The number of hydrogen-bond acceptors (Lipinski definition) is 4. The predicted molar refractivity (Wildman–Crippen MR) is 124 cm³/mol. The van der Waals surface area contributed by atoms with Crippen LogP contribution in [0.5, 0.6) is 17.2 Å². The highest BCUT2D eigenvalue weighted by molar-refractivity contribution is 7.21. The molecule has 0 atom stereocenters. The van der Waals surface area contributed by atoms with Crippen molar-refractivity contribution in [1.82, 2.24) is 0 Å². The van der Waals surface area contributed by atoms with Crippen LogP contribution >= 0.6 is 11.3 Å². The number of carbonyl (C=O) groups excluding carboxylic acids is 1. The van der Waals surface area contributed by atoms with E-state index < -0.39 is 0 Å². The van der Waals surface area contributed by atoms with Crippen LogP contribution in [-0.4, -0.2) is 10.9 Å². The smallest absolute Gasteiger partial charge is 0.207 e. The molecule has 3 nitrogen and oxygen atoms in total. The molecule has 1 aromatic heterocycles. The second-order valence-electron chi connectivity index (χ2n) is 7.21. The van der Waals surface area contributed by atoms with Crippen LogP contribution in [-0.2, 0) is 0 Å². The fourth-order valence-electron chi connectivity index (χ4n) is 3.56. The number of phenolic OH excluding ortho intramolecular Hbond substituents is 1. The Labute approximate surface area is 179 Å². The number of benzene rings is 3. The van der Waals surface area contributed by atoms with Gasteiger partial charge in [-0.25, -0.2) is 0 Å². The minimum Gasteiger partial charge on any atom is -0.508 e. The van der Waals surface area contributed by atoms with E-state index in [0.717, 1.165) is 26.8 Å². The van der Waals surface area contributed by atoms with Crippen LogP contribution in [0.3, 0.4) is 0 Å². The van der Waals surface area contributed by atoms with Crippen LogP contribution in [0.15, 0.2) is 66.7 Å². The summed E-state index contributed by atoms with van der Waals surface area (Å²) in [5.74, 6) is 1.29. The van der Waals surface area contributed by atoms with Gasteiger partial charge in [0.25, 0.3) is 0 Å². The molecule has 0 radical (unpaired) electrons. The molecule has 1 heterocycles. The third-order valence-corrected chi connectivity index (χ3v) is 6.13. The van der Waals surface area contributed by atoms with Crippen molar-refractivity contribution in [3.05, 3.63) is 93.9 Å². The second-order valence-corrected chi connectivity index (χ2v) is 8.26. The fraction of sp³-hybridized carbons (Fsp3) is 0.115. The number of aromatic hydroxyl groups is 1. The molecule has 0 spiro atoms.